The van der Waals surface area contributed by atoms with Crippen molar-refractivity contribution >= 4 is 26.5 Å². The quantitative estimate of drug-likeness (QED) is 0.787. The van der Waals surface area contributed by atoms with Crippen LogP contribution < -0.4 is 4.72 Å². The first-order valence-corrected chi connectivity index (χ1v) is 6.44. The molecule has 0 spiro atoms. The zero-order valence-corrected chi connectivity index (χ0v) is 9.42. The number of thiazole rings is 1. The summed E-state index contributed by atoms with van der Waals surface area (Å²) in [6, 6.07) is -0.572. The van der Waals surface area contributed by atoms with E-state index < -0.39 is 16.3 Å². The van der Waals surface area contributed by atoms with Crippen molar-refractivity contribution in [2.75, 3.05) is 0 Å². The molecule has 0 radical (unpaired) electrons. The fourth-order valence-corrected chi connectivity index (χ4v) is 2.61. The molecular formula is C7H9N3O3S2. The summed E-state index contributed by atoms with van der Waals surface area (Å²) in [5.41, 5.74) is 0. The lowest BCUT2D eigenvalue weighted by molar-refractivity contribution is 0.454. The van der Waals surface area contributed by atoms with E-state index in [-0.39, 0.29) is 0 Å². The molecular weight excluding hydrogens is 238 g/mol. The van der Waals surface area contributed by atoms with Crippen LogP contribution in [0.15, 0.2) is 17.8 Å². The van der Waals surface area contributed by atoms with Gasteiger partial charge in [0.15, 0.2) is 0 Å². The summed E-state index contributed by atoms with van der Waals surface area (Å²) in [5.74, 6) is 0.545. The zero-order chi connectivity index (χ0) is 11.1. The molecule has 0 aliphatic carbocycles. The third kappa shape index (κ3) is 2.17. The van der Waals surface area contributed by atoms with E-state index in [2.05, 4.69) is 9.71 Å². The molecule has 2 aromatic rings. The van der Waals surface area contributed by atoms with Gasteiger partial charge in [-0.1, -0.05) is 0 Å². The molecule has 0 saturated heterocycles. The van der Waals surface area contributed by atoms with E-state index in [0.717, 1.165) is 4.83 Å². The van der Waals surface area contributed by atoms with E-state index in [1.54, 1.807) is 23.7 Å². The molecule has 0 aliphatic heterocycles. The highest BCUT2D eigenvalue weighted by atomic mass is 32.2. The summed E-state index contributed by atoms with van der Waals surface area (Å²) in [7, 11) is -4.20. The van der Waals surface area contributed by atoms with Crippen LogP contribution in [-0.4, -0.2) is 22.4 Å². The van der Waals surface area contributed by atoms with Crippen LogP contribution in [0.2, 0.25) is 0 Å². The lowest BCUT2D eigenvalue weighted by Gasteiger charge is -2.08. The highest BCUT2D eigenvalue weighted by molar-refractivity contribution is 7.83. The highest BCUT2D eigenvalue weighted by Crippen LogP contribution is 2.18. The predicted octanol–water partition coefficient (Wildman–Crippen LogP) is 0.849. The first-order chi connectivity index (χ1) is 6.97. The van der Waals surface area contributed by atoms with Gasteiger partial charge in [0, 0.05) is 11.6 Å². The highest BCUT2D eigenvalue weighted by Gasteiger charge is 2.17. The van der Waals surface area contributed by atoms with Crippen molar-refractivity contribution in [1.29, 1.82) is 0 Å². The van der Waals surface area contributed by atoms with Crippen molar-refractivity contribution in [3.8, 4) is 0 Å². The van der Waals surface area contributed by atoms with Crippen LogP contribution in [0.25, 0.3) is 4.83 Å². The van der Waals surface area contributed by atoms with Crippen LogP contribution in [-0.2, 0) is 10.3 Å². The van der Waals surface area contributed by atoms with Crippen molar-refractivity contribution in [2.24, 2.45) is 0 Å². The van der Waals surface area contributed by atoms with Crippen molar-refractivity contribution in [3.05, 3.63) is 23.6 Å². The number of fused-ring (bicyclic) bond motifs is 1. The van der Waals surface area contributed by atoms with E-state index in [9.17, 15) is 8.42 Å². The average molecular weight is 247 g/mol. The van der Waals surface area contributed by atoms with Gasteiger partial charge in [-0.25, -0.2) is 4.98 Å². The fourth-order valence-electron chi connectivity index (χ4n) is 1.35. The summed E-state index contributed by atoms with van der Waals surface area (Å²) < 4.78 is 33.7. The number of rotatable bonds is 3. The predicted molar refractivity (Wildman–Crippen MR) is 56.2 cm³/mol. The standard InChI is InChI=1S/C7H9N3O3S2/c1-5(9-15(11,12)13)7-8-4-6-10(7)2-3-14-6/h2-5,9H,1H3,(H,11,12,13)/t5-/m1/s1. The molecule has 0 bridgehead atoms. The van der Waals surface area contributed by atoms with Gasteiger partial charge in [0.2, 0.25) is 0 Å². The van der Waals surface area contributed by atoms with E-state index in [1.807, 2.05) is 5.38 Å². The second-order valence-electron chi connectivity index (χ2n) is 3.04. The van der Waals surface area contributed by atoms with Gasteiger partial charge >= 0.3 is 10.3 Å². The number of nitrogens with one attached hydrogen (secondary N) is 1. The molecule has 0 unspecified atom stereocenters. The molecule has 0 aliphatic rings. The van der Waals surface area contributed by atoms with Gasteiger partial charge in [-0.05, 0) is 6.92 Å². The minimum Gasteiger partial charge on any atom is -0.293 e. The fraction of sp³-hybridized carbons (Fsp3) is 0.286. The third-order valence-electron chi connectivity index (χ3n) is 1.90. The number of aromatic nitrogens is 2. The Labute approximate surface area is 90.5 Å². The molecule has 6 nitrogen and oxygen atoms in total. The Morgan fingerprint density at radius 3 is 3.07 bits per heavy atom. The smallest absolute Gasteiger partial charge is 0.293 e. The molecule has 1 atom stereocenters. The maximum absolute atomic E-state index is 10.6. The number of hydrogen-bond acceptors (Lipinski definition) is 4. The molecule has 0 fully saturated rings. The largest absolute Gasteiger partial charge is 0.334 e. The average Bonchev–Trinajstić information content (AvgIpc) is 2.57. The minimum absolute atomic E-state index is 0.545. The molecule has 0 amide bonds. The van der Waals surface area contributed by atoms with E-state index in [1.165, 1.54) is 11.3 Å². The second kappa shape index (κ2) is 3.56. The summed E-state index contributed by atoms with van der Waals surface area (Å²) in [6.07, 6.45) is 3.45. The second-order valence-corrected chi connectivity index (χ2v) is 5.15. The molecule has 0 saturated carbocycles. The molecule has 82 valence electrons. The van der Waals surface area contributed by atoms with Gasteiger partial charge in [-0.3, -0.25) is 8.95 Å². The SMILES string of the molecule is C[C@@H](NS(=O)(=O)O)c1ncc2sccn12. The van der Waals surface area contributed by atoms with Crippen molar-refractivity contribution in [3.63, 3.8) is 0 Å². The molecule has 2 aromatic heterocycles. The van der Waals surface area contributed by atoms with Gasteiger partial charge < -0.3 is 0 Å². The van der Waals surface area contributed by atoms with Crippen molar-refractivity contribution < 1.29 is 13.0 Å². The van der Waals surface area contributed by atoms with Gasteiger partial charge in [-0.15, -0.1) is 11.3 Å². The molecule has 2 heterocycles. The van der Waals surface area contributed by atoms with Crippen LogP contribution >= 0.6 is 11.3 Å². The van der Waals surface area contributed by atoms with Gasteiger partial charge in [-0.2, -0.15) is 13.1 Å². The van der Waals surface area contributed by atoms with E-state index in [4.69, 9.17) is 4.55 Å². The van der Waals surface area contributed by atoms with Crippen molar-refractivity contribution in [2.45, 2.75) is 13.0 Å². The molecule has 2 N–H and O–H groups in total. The summed E-state index contributed by atoms with van der Waals surface area (Å²) in [4.78, 5) is 5.00. The Bertz CT molecular complexity index is 571. The third-order valence-corrected chi connectivity index (χ3v) is 3.36. The number of nitrogens with zero attached hydrogens (tertiary/aromatic N) is 2. The van der Waals surface area contributed by atoms with Crippen LogP contribution in [0.4, 0.5) is 0 Å². The van der Waals surface area contributed by atoms with Crippen molar-refractivity contribution in [1.82, 2.24) is 14.1 Å². The van der Waals surface area contributed by atoms with E-state index in [0.29, 0.717) is 5.82 Å². The maximum atomic E-state index is 10.6. The van der Waals surface area contributed by atoms with Gasteiger partial charge in [0.25, 0.3) is 0 Å². The maximum Gasteiger partial charge on any atom is 0.334 e. The first-order valence-electron chi connectivity index (χ1n) is 4.12. The first kappa shape index (κ1) is 10.6. The lowest BCUT2D eigenvalue weighted by atomic mass is 10.3. The lowest BCUT2D eigenvalue weighted by Crippen LogP contribution is -2.27. The zero-order valence-electron chi connectivity index (χ0n) is 7.78. The Balaban J connectivity index is 2.35. The summed E-state index contributed by atoms with van der Waals surface area (Å²) in [5, 5.41) is 1.88. The minimum atomic E-state index is -4.20. The van der Waals surface area contributed by atoms with Crippen LogP contribution in [0, 0.1) is 0 Å². The Hall–Kier alpha value is -0.960. The molecule has 15 heavy (non-hydrogen) atoms. The topological polar surface area (TPSA) is 83.7 Å². The molecule has 2 rings (SSSR count). The Morgan fingerprint density at radius 1 is 1.67 bits per heavy atom. The molecule has 0 aromatic carbocycles. The number of hydrogen-bond donors (Lipinski definition) is 2. The number of imidazole rings is 1. The van der Waals surface area contributed by atoms with Gasteiger partial charge in [0.1, 0.15) is 10.7 Å². The normalized spacial score (nSPS) is 14.5. The monoisotopic (exact) mass is 247 g/mol. The van der Waals surface area contributed by atoms with E-state index >= 15 is 0 Å². The Morgan fingerprint density at radius 2 is 2.40 bits per heavy atom. The Kier molecular flexibility index (Phi) is 2.51. The summed E-state index contributed by atoms with van der Waals surface area (Å²) >= 11 is 1.50. The van der Waals surface area contributed by atoms with Crippen LogP contribution in [0.5, 0.6) is 0 Å². The van der Waals surface area contributed by atoms with Crippen LogP contribution in [0.1, 0.15) is 18.8 Å². The summed E-state index contributed by atoms with van der Waals surface area (Å²) in [6.45, 7) is 1.61. The molecule has 8 heteroatoms. The van der Waals surface area contributed by atoms with Crippen LogP contribution in [0.3, 0.4) is 0 Å². The van der Waals surface area contributed by atoms with Gasteiger partial charge in [0.05, 0.1) is 12.2 Å².